The van der Waals surface area contributed by atoms with E-state index in [0.717, 1.165) is 11.8 Å². The lowest BCUT2D eigenvalue weighted by Crippen LogP contribution is -2.08. The molecule has 1 aromatic rings. The van der Waals surface area contributed by atoms with Crippen LogP contribution in [0.2, 0.25) is 0 Å². The van der Waals surface area contributed by atoms with Crippen LogP contribution in [0.4, 0.5) is 13.2 Å². The van der Waals surface area contributed by atoms with Crippen LogP contribution in [0.1, 0.15) is 13.8 Å². The smallest absolute Gasteiger partial charge is 0.192 e. The van der Waals surface area contributed by atoms with Gasteiger partial charge in [0.1, 0.15) is 5.82 Å². The molecule has 0 fully saturated rings. The molecule has 1 rings (SSSR count). The van der Waals surface area contributed by atoms with Crippen molar-refractivity contribution in [2.45, 2.75) is 18.7 Å². The molecule has 0 unspecified atom stereocenters. The molecule has 5 heteroatoms. The van der Waals surface area contributed by atoms with E-state index in [9.17, 15) is 13.2 Å². The Hall–Kier alpha value is -0.840. The first kappa shape index (κ1) is 13.2. The van der Waals surface area contributed by atoms with Gasteiger partial charge in [-0.3, -0.25) is 0 Å². The number of rotatable bonds is 4. The highest BCUT2D eigenvalue weighted by molar-refractivity contribution is 7.98. The second-order valence-electron chi connectivity index (χ2n) is 3.72. The molecule has 0 aliphatic heterocycles. The van der Waals surface area contributed by atoms with Gasteiger partial charge in [-0.15, -0.1) is 11.8 Å². The van der Waals surface area contributed by atoms with Gasteiger partial charge in [0, 0.05) is 6.07 Å². The van der Waals surface area contributed by atoms with Crippen molar-refractivity contribution in [2.75, 3.05) is 12.9 Å². The van der Waals surface area contributed by atoms with Crippen LogP contribution in [0.25, 0.3) is 0 Å². The third kappa shape index (κ3) is 2.84. The van der Waals surface area contributed by atoms with Gasteiger partial charge >= 0.3 is 0 Å². The van der Waals surface area contributed by atoms with E-state index in [4.69, 9.17) is 4.74 Å². The zero-order chi connectivity index (χ0) is 12.3. The zero-order valence-corrected chi connectivity index (χ0v) is 10.1. The molecule has 0 saturated heterocycles. The fraction of sp³-hybridized carbons (Fsp3) is 0.455. The van der Waals surface area contributed by atoms with Gasteiger partial charge in [0.25, 0.3) is 0 Å². The first-order valence-corrected chi connectivity index (χ1v) is 6.04. The summed E-state index contributed by atoms with van der Waals surface area (Å²) in [4.78, 5) is -0.222. The number of thioether (sulfide) groups is 1. The highest BCUT2D eigenvalue weighted by Crippen LogP contribution is 2.32. The Kier molecular flexibility index (Phi) is 4.53. The monoisotopic (exact) mass is 250 g/mol. The number of benzene rings is 1. The maximum atomic E-state index is 13.6. The molecule has 16 heavy (non-hydrogen) atoms. The molecule has 0 saturated carbocycles. The summed E-state index contributed by atoms with van der Waals surface area (Å²) in [7, 11) is 0. The minimum absolute atomic E-state index is 0.140. The summed E-state index contributed by atoms with van der Waals surface area (Å²) in [6, 6.07) is 0.643. The average molecular weight is 250 g/mol. The molecule has 0 spiro atoms. The molecular formula is C11H13F3OS. The Morgan fingerprint density at radius 3 is 2.38 bits per heavy atom. The highest BCUT2D eigenvalue weighted by Gasteiger charge is 2.19. The van der Waals surface area contributed by atoms with Crippen molar-refractivity contribution in [2.24, 2.45) is 5.92 Å². The van der Waals surface area contributed by atoms with Crippen LogP contribution in [0.5, 0.6) is 5.75 Å². The van der Waals surface area contributed by atoms with E-state index < -0.39 is 23.2 Å². The Morgan fingerprint density at radius 1 is 1.25 bits per heavy atom. The molecule has 0 N–H and O–H groups in total. The van der Waals surface area contributed by atoms with Gasteiger partial charge in [-0.05, 0) is 12.2 Å². The van der Waals surface area contributed by atoms with Crippen molar-refractivity contribution in [3.05, 3.63) is 23.5 Å². The lowest BCUT2D eigenvalue weighted by Gasteiger charge is -2.12. The zero-order valence-electron chi connectivity index (χ0n) is 9.31. The van der Waals surface area contributed by atoms with Gasteiger partial charge in [-0.25, -0.2) is 13.2 Å². The molecule has 0 amide bonds. The van der Waals surface area contributed by atoms with Gasteiger partial charge in [-0.1, -0.05) is 13.8 Å². The van der Waals surface area contributed by atoms with Crippen molar-refractivity contribution < 1.29 is 17.9 Å². The molecule has 0 aliphatic carbocycles. The normalized spacial score (nSPS) is 10.9. The summed E-state index contributed by atoms with van der Waals surface area (Å²) in [5.41, 5.74) is 0. The van der Waals surface area contributed by atoms with Crippen LogP contribution in [-0.4, -0.2) is 12.9 Å². The lowest BCUT2D eigenvalue weighted by molar-refractivity contribution is 0.243. The third-order valence-corrected chi connectivity index (χ3v) is 2.63. The van der Waals surface area contributed by atoms with Gasteiger partial charge in [-0.2, -0.15) is 0 Å². The summed E-state index contributed by atoms with van der Waals surface area (Å²) in [5.74, 6) is -3.24. The minimum atomic E-state index is -1.01. The molecule has 0 radical (unpaired) electrons. The molecular weight excluding hydrogens is 237 g/mol. The van der Waals surface area contributed by atoms with Crippen molar-refractivity contribution >= 4 is 11.8 Å². The summed E-state index contributed by atoms with van der Waals surface area (Å²) in [5, 5.41) is 0. The van der Waals surface area contributed by atoms with E-state index in [-0.39, 0.29) is 17.4 Å². The number of halogens is 3. The lowest BCUT2D eigenvalue weighted by atomic mass is 10.2. The first-order chi connectivity index (χ1) is 7.47. The fourth-order valence-electron chi connectivity index (χ4n) is 1.12. The molecule has 90 valence electrons. The van der Waals surface area contributed by atoms with Gasteiger partial charge in [0.2, 0.25) is 0 Å². The number of ether oxygens (including phenoxy) is 1. The highest BCUT2D eigenvalue weighted by atomic mass is 32.2. The second-order valence-corrected chi connectivity index (χ2v) is 4.54. The van der Waals surface area contributed by atoms with E-state index >= 15 is 0 Å². The van der Waals surface area contributed by atoms with E-state index in [1.165, 1.54) is 6.26 Å². The molecule has 1 aromatic carbocycles. The Balaban J connectivity index is 3.08. The Labute approximate surface area is 97.0 Å². The molecule has 0 aliphatic rings. The maximum Gasteiger partial charge on any atom is 0.192 e. The van der Waals surface area contributed by atoms with E-state index in [1.807, 2.05) is 13.8 Å². The molecule has 0 atom stereocenters. The van der Waals surface area contributed by atoms with Crippen LogP contribution in [0, 0.1) is 23.4 Å². The van der Waals surface area contributed by atoms with Crippen LogP contribution in [0.15, 0.2) is 11.0 Å². The minimum Gasteiger partial charge on any atom is -0.487 e. The second kappa shape index (κ2) is 5.48. The van der Waals surface area contributed by atoms with Gasteiger partial charge < -0.3 is 4.74 Å². The van der Waals surface area contributed by atoms with Crippen LogP contribution >= 0.6 is 11.8 Å². The molecule has 1 nitrogen and oxygen atoms in total. The van der Waals surface area contributed by atoms with Crippen molar-refractivity contribution in [3.8, 4) is 5.75 Å². The van der Waals surface area contributed by atoms with E-state index in [1.54, 1.807) is 0 Å². The molecule has 0 aromatic heterocycles. The predicted molar refractivity (Wildman–Crippen MR) is 58.4 cm³/mol. The van der Waals surface area contributed by atoms with Crippen molar-refractivity contribution in [1.29, 1.82) is 0 Å². The predicted octanol–water partition coefficient (Wildman–Crippen LogP) is 3.86. The number of hydrogen-bond donors (Lipinski definition) is 0. The van der Waals surface area contributed by atoms with E-state index in [2.05, 4.69) is 0 Å². The Bertz CT molecular complexity index is 380. The van der Waals surface area contributed by atoms with Gasteiger partial charge in [0.15, 0.2) is 17.4 Å². The van der Waals surface area contributed by atoms with Gasteiger partial charge in [0.05, 0.1) is 11.5 Å². The average Bonchev–Trinajstić information content (AvgIpc) is 2.16. The van der Waals surface area contributed by atoms with E-state index in [0.29, 0.717) is 6.07 Å². The van der Waals surface area contributed by atoms with Crippen LogP contribution in [-0.2, 0) is 0 Å². The molecule has 0 heterocycles. The maximum absolute atomic E-state index is 13.6. The molecule has 0 bridgehead atoms. The van der Waals surface area contributed by atoms with Crippen LogP contribution in [0.3, 0.4) is 0 Å². The summed E-state index contributed by atoms with van der Waals surface area (Å²) in [6.07, 6.45) is 1.52. The summed E-state index contributed by atoms with van der Waals surface area (Å²) >= 11 is 0.882. The summed E-state index contributed by atoms with van der Waals surface area (Å²) in [6.45, 7) is 3.90. The van der Waals surface area contributed by atoms with Crippen molar-refractivity contribution in [3.63, 3.8) is 0 Å². The standard InChI is InChI=1S/C11H13F3OS/c1-6(2)5-15-10-7(12)4-8(13)11(16-3)9(10)14/h4,6H,5H2,1-3H3. The van der Waals surface area contributed by atoms with Crippen molar-refractivity contribution in [1.82, 2.24) is 0 Å². The largest absolute Gasteiger partial charge is 0.487 e. The van der Waals surface area contributed by atoms with Crippen LogP contribution < -0.4 is 4.74 Å². The fourth-order valence-corrected chi connectivity index (χ4v) is 1.65. The number of hydrogen-bond acceptors (Lipinski definition) is 2. The topological polar surface area (TPSA) is 9.23 Å². The third-order valence-electron chi connectivity index (χ3n) is 1.85. The Morgan fingerprint density at radius 2 is 1.88 bits per heavy atom. The quantitative estimate of drug-likeness (QED) is 0.750. The first-order valence-electron chi connectivity index (χ1n) is 4.81. The SMILES string of the molecule is CSc1c(F)cc(F)c(OCC(C)C)c1F. The summed E-state index contributed by atoms with van der Waals surface area (Å²) < 4.78 is 45.0.